The lowest BCUT2D eigenvalue weighted by Gasteiger charge is -2.17. The van der Waals surface area contributed by atoms with Gasteiger partial charge in [0, 0.05) is 16.9 Å². The molecule has 0 radical (unpaired) electrons. The fraction of sp³-hybridized carbons (Fsp3) is 0.0417. The van der Waals surface area contributed by atoms with Crippen molar-refractivity contribution in [3.05, 3.63) is 108 Å². The normalized spacial score (nSPS) is 11.1. The maximum Gasteiger partial charge on any atom is 0.320 e. The molecule has 3 aromatic carbocycles. The lowest BCUT2D eigenvalue weighted by molar-refractivity contribution is 0.102. The van der Waals surface area contributed by atoms with Crippen LogP contribution in [0.15, 0.2) is 85.2 Å². The van der Waals surface area contributed by atoms with Gasteiger partial charge < -0.3 is 16.0 Å². The molecule has 162 valence electrons. The molecule has 1 aromatic heterocycles. The first-order valence-corrected chi connectivity index (χ1v) is 10.0. The molecule has 0 fully saturated rings. The number of H-pyrrole nitrogens is 1. The van der Waals surface area contributed by atoms with E-state index in [1.807, 2.05) is 36.4 Å². The highest BCUT2D eigenvalue weighted by molar-refractivity contribution is 6.05. The van der Waals surface area contributed by atoms with Crippen molar-refractivity contribution < 1.29 is 9.59 Å². The molecular formula is C24H19N7O2. The van der Waals surface area contributed by atoms with Gasteiger partial charge in [0.2, 0.25) is 0 Å². The van der Waals surface area contributed by atoms with Gasteiger partial charge in [-0.3, -0.25) is 9.89 Å². The third-order valence-corrected chi connectivity index (χ3v) is 4.75. The highest BCUT2D eigenvalue weighted by Gasteiger charge is 2.19. The van der Waals surface area contributed by atoms with E-state index >= 15 is 0 Å². The topological polar surface area (TPSA) is 136 Å². The van der Waals surface area contributed by atoms with Gasteiger partial charge in [-0.25, -0.2) is 9.78 Å². The van der Waals surface area contributed by atoms with Crippen LogP contribution < -0.4 is 16.0 Å². The van der Waals surface area contributed by atoms with Crippen LogP contribution in [0.3, 0.4) is 0 Å². The molecule has 9 heteroatoms. The molecule has 0 saturated carbocycles. The van der Waals surface area contributed by atoms with Crippen LogP contribution in [0.4, 0.5) is 16.2 Å². The molecule has 0 aliphatic carbocycles. The zero-order valence-corrected chi connectivity index (χ0v) is 17.3. The lowest BCUT2D eigenvalue weighted by atomic mass is 10.1. The predicted octanol–water partition coefficient (Wildman–Crippen LogP) is 3.84. The molecule has 4 aromatic rings. The molecule has 4 rings (SSSR count). The van der Waals surface area contributed by atoms with Crippen molar-refractivity contribution in [2.24, 2.45) is 0 Å². The van der Waals surface area contributed by atoms with Crippen molar-refractivity contribution in [1.29, 1.82) is 5.26 Å². The summed E-state index contributed by atoms with van der Waals surface area (Å²) in [4.78, 5) is 29.5. The Kier molecular flexibility index (Phi) is 6.38. The van der Waals surface area contributed by atoms with Crippen LogP contribution in [0.25, 0.3) is 0 Å². The van der Waals surface area contributed by atoms with Crippen LogP contribution in [0.2, 0.25) is 0 Å². The van der Waals surface area contributed by atoms with E-state index in [1.54, 1.807) is 48.5 Å². The first-order chi connectivity index (χ1) is 16.1. The van der Waals surface area contributed by atoms with E-state index in [4.69, 9.17) is 5.26 Å². The average molecular weight is 437 g/mol. The molecule has 1 atom stereocenters. The zero-order chi connectivity index (χ0) is 23.0. The van der Waals surface area contributed by atoms with Gasteiger partial charge in [-0.1, -0.05) is 42.5 Å². The van der Waals surface area contributed by atoms with E-state index in [1.165, 1.54) is 6.33 Å². The summed E-state index contributed by atoms with van der Waals surface area (Å²) in [6, 6.07) is 23.6. The molecule has 0 saturated heterocycles. The molecule has 0 aliphatic heterocycles. The Bertz CT molecular complexity index is 1300. The molecule has 1 unspecified atom stereocenters. The second-order valence-electron chi connectivity index (χ2n) is 7.04. The Morgan fingerprint density at radius 3 is 2.39 bits per heavy atom. The average Bonchev–Trinajstić information content (AvgIpc) is 3.38. The Labute approximate surface area is 189 Å². The molecule has 0 spiro atoms. The van der Waals surface area contributed by atoms with Crippen molar-refractivity contribution in [2.75, 3.05) is 10.6 Å². The van der Waals surface area contributed by atoms with Gasteiger partial charge in [0.1, 0.15) is 12.4 Å². The highest BCUT2D eigenvalue weighted by atomic mass is 16.2. The van der Waals surface area contributed by atoms with Crippen LogP contribution in [0, 0.1) is 11.3 Å². The van der Waals surface area contributed by atoms with Crippen LogP contribution in [-0.4, -0.2) is 27.1 Å². The lowest BCUT2D eigenvalue weighted by Crippen LogP contribution is -2.33. The number of nitrogens with one attached hydrogen (secondary N) is 4. The smallest absolute Gasteiger partial charge is 0.320 e. The van der Waals surface area contributed by atoms with Gasteiger partial charge in [0.25, 0.3) is 5.91 Å². The first kappa shape index (κ1) is 21.3. The number of urea groups is 1. The van der Waals surface area contributed by atoms with E-state index in [2.05, 4.69) is 31.1 Å². The summed E-state index contributed by atoms with van der Waals surface area (Å²) < 4.78 is 0. The van der Waals surface area contributed by atoms with Crippen LogP contribution in [-0.2, 0) is 0 Å². The standard InChI is InChI=1S/C24H19N7O2/c25-14-16-6-4-10-19(12-16)28-23(32)18-9-5-11-20(13-18)29-24(33)30-21(22-26-15-27-31-22)17-7-2-1-3-8-17/h1-13,15,21H,(H,28,32)(H,26,27,31)(H2,29,30,33). The third kappa shape index (κ3) is 5.39. The van der Waals surface area contributed by atoms with E-state index in [9.17, 15) is 9.59 Å². The van der Waals surface area contributed by atoms with Gasteiger partial charge in [-0.2, -0.15) is 10.4 Å². The van der Waals surface area contributed by atoms with Crippen molar-refractivity contribution >= 4 is 23.3 Å². The Balaban J connectivity index is 1.45. The SMILES string of the molecule is N#Cc1cccc(NC(=O)c2cccc(NC(=O)NC(c3ccccc3)c3ncn[nH]3)c2)c1. The number of amides is 3. The second-order valence-corrected chi connectivity index (χ2v) is 7.04. The summed E-state index contributed by atoms with van der Waals surface area (Å²) in [5, 5.41) is 24.0. The summed E-state index contributed by atoms with van der Waals surface area (Å²) in [5.41, 5.74) is 2.57. The number of hydrogen-bond donors (Lipinski definition) is 4. The maximum absolute atomic E-state index is 12.7. The van der Waals surface area contributed by atoms with Crippen molar-refractivity contribution in [1.82, 2.24) is 20.5 Å². The van der Waals surface area contributed by atoms with Crippen molar-refractivity contribution in [2.45, 2.75) is 6.04 Å². The highest BCUT2D eigenvalue weighted by Crippen LogP contribution is 2.19. The number of benzene rings is 3. The quantitative estimate of drug-likeness (QED) is 0.363. The van der Waals surface area contributed by atoms with Crippen LogP contribution >= 0.6 is 0 Å². The Morgan fingerprint density at radius 2 is 1.67 bits per heavy atom. The van der Waals surface area contributed by atoms with E-state index in [0.717, 1.165) is 5.56 Å². The van der Waals surface area contributed by atoms with Crippen molar-refractivity contribution in [3.8, 4) is 6.07 Å². The first-order valence-electron chi connectivity index (χ1n) is 10.0. The van der Waals surface area contributed by atoms with Crippen LogP contribution in [0.5, 0.6) is 0 Å². The molecule has 0 bridgehead atoms. The predicted molar refractivity (Wildman–Crippen MR) is 122 cm³/mol. The van der Waals surface area contributed by atoms with E-state index in [-0.39, 0.29) is 5.91 Å². The number of hydrogen-bond acceptors (Lipinski definition) is 5. The number of carbonyl (C=O) groups excluding carboxylic acids is 2. The minimum absolute atomic E-state index is 0.352. The van der Waals surface area contributed by atoms with Crippen molar-refractivity contribution in [3.63, 3.8) is 0 Å². The molecule has 0 aliphatic rings. The summed E-state index contributed by atoms with van der Waals surface area (Å²) in [7, 11) is 0. The van der Waals surface area contributed by atoms with Gasteiger partial charge >= 0.3 is 6.03 Å². The van der Waals surface area contributed by atoms with Gasteiger partial charge in [-0.15, -0.1) is 0 Å². The van der Waals surface area contributed by atoms with Gasteiger partial charge in [0.15, 0.2) is 5.82 Å². The number of carbonyl (C=O) groups is 2. The summed E-state index contributed by atoms with van der Waals surface area (Å²) in [6.07, 6.45) is 1.37. The van der Waals surface area contributed by atoms with Crippen LogP contribution in [0.1, 0.15) is 33.4 Å². The number of rotatable bonds is 6. The largest absolute Gasteiger partial charge is 0.324 e. The molecule has 3 amide bonds. The zero-order valence-electron chi connectivity index (χ0n) is 17.3. The number of aromatic amines is 1. The number of nitrogens with zero attached hydrogens (tertiary/aromatic N) is 3. The maximum atomic E-state index is 12.7. The monoisotopic (exact) mass is 437 g/mol. The number of aromatic nitrogens is 3. The summed E-state index contributed by atoms with van der Waals surface area (Å²) in [6.45, 7) is 0. The molecule has 9 nitrogen and oxygen atoms in total. The second kappa shape index (κ2) is 9.89. The third-order valence-electron chi connectivity index (χ3n) is 4.75. The van der Waals surface area contributed by atoms with Gasteiger partial charge in [-0.05, 0) is 42.0 Å². The number of anilines is 2. The fourth-order valence-electron chi connectivity index (χ4n) is 3.22. The van der Waals surface area contributed by atoms with E-state index in [0.29, 0.717) is 28.3 Å². The molecule has 4 N–H and O–H groups in total. The minimum atomic E-state index is -0.535. The van der Waals surface area contributed by atoms with Gasteiger partial charge in [0.05, 0.1) is 11.6 Å². The molecule has 1 heterocycles. The Hall–Kier alpha value is -4.97. The minimum Gasteiger partial charge on any atom is -0.324 e. The summed E-state index contributed by atoms with van der Waals surface area (Å²) >= 11 is 0. The molecular weight excluding hydrogens is 418 g/mol. The molecule has 33 heavy (non-hydrogen) atoms. The summed E-state index contributed by atoms with van der Waals surface area (Å²) in [5.74, 6) is 0.127. The van der Waals surface area contributed by atoms with E-state index < -0.39 is 12.1 Å². The Morgan fingerprint density at radius 1 is 0.909 bits per heavy atom. The number of nitriles is 1. The fourth-order valence-corrected chi connectivity index (χ4v) is 3.22.